The van der Waals surface area contributed by atoms with Gasteiger partial charge < -0.3 is 4.90 Å². The van der Waals surface area contributed by atoms with E-state index in [2.05, 4.69) is 34.7 Å². The summed E-state index contributed by atoms with van der Waals surface area (Å²) in [6.07, 6.45) is 3.82. The van der Waals surface area contributed by atoms with Gasteiger partial charge in [-0.25, -0.2) is 0 Å². The minimum absolute atomic E-state index is 0.271. The molecule has 14 heavy (non-hydrogen) atoms. The molecule has 1 heterocycles. The molecule has 0 aromatic rings. The number of halogens is 1. The number of amides is 1. The fourth-order valence-corrected chi connectivity index (χ4v) is 3.57. The molecule has 1 saturated carbocycles. The van der Waals surface area contributed by atoms with Crippen LogP contribution >= 0.6 is 15.9 Å². The summed E-state index contributed by atoms with van der Waals surface area (Å²) in [5, 5.41) is 0.478. The Balaban J connectivity index is 2.18. The van der Waals surface area contributed by atoms with Crippen LogP contribution in [0.15, 0.2) is 0 Å². The monoisotopic (exact) mass is 259 g/mol. The minimum Gasteiger partial charge on any atom is -0.338 e. The molecule has 80 valence electrons. The summed E-state index contributed by atoms with van der Waals surface area (Å²) < 4.78 is 0. The van der Waals surface area contributed by atoms with Crippen molar-refractivity contribution in [3.63, 3.8) is 0 Å². The first-order valence-corrected chi connectivity index (χ1v) is 6.54. The molecule has 0 spiro atoms. The number of likely N-dealkylation sites (tertiary alicyclic amines) is 1. The van der Waals surface area contributed by atoms with Gasteiger partial charge in [0.25, 0.3) is 0 Å². The average Bonchev–Trinajstić information content (AvgIpc) is 2.68. The zero-order chi connectivity index (χ0) is 10.3. The highest BCUT2D eigenvalue weighted by Crippen LogP contribution is 2.48. The van der Waals surface area contributed by atoms with Crippen LogP contribution in [-0.4, -0.2) is 28.7 Å². The molecule has 2 fully saturated rings. The third kappa shape index (κ3) is 1.50. The van der Waals surface area contributed by atoms with Crippen LogP contribution in [0.1, 0.15) is 33.1 Å². The maximum absolute atomic E-state index is 11.7. The molecule has 2 rings (SSSR count). The molecule has 0 N–H and O–H groups in total. The number of carbonyl (C=O) groups is 1. The average molecular weight is 260 g/mol. The first kappa shape index (κ1) is 10.5. The fourth-order valence-electron chi connectivity index (χ4n) is 3.25. The van der Waals surface area contributed by atoms with E-state index < -0.39 is 0 Å². The van der Waals surface area contributed by atoms with Gasteiger partial charge in [0.05, 0.1) is 5.33 Å². The normalized spacial score (nSPS) is 34.6. The molecule has 3 heteroatoms. The maximum Gasteiger partial charge on any atom is 0.233 e. The number of rotatable bonds is 1. The van der Waals surface area contributed by atoms with Crippen LogP contribution in [-0.2, 0) is 4.79 Å². The minimum atomic E-state index is 0.271. The van der Waals surface area contributed by atoms with Gasteiger partial charge in [0.1, 0.15) is 0 Å². The first-order chi connectivity index (χ1) is 6.56. The first-order valence-electron chi connectivity index (χ1n) is 5.42. The summed E-state index contributed by atoms with van der Waals surface area (Å²) in [4.78, 5) is 13.8. The molecule has 0 radical (unpaired) electrons. The van der Waals surface area contributed by atoms with Crippen LogP contribution in [0, 0.1) is 11.3 Å². The van der Waals surface area contributed by atoms with Crippen LogP contribution < -0.4 is 0 Å². The molecule has 2 nitrogen and oxygen atoms in total. The summed E-state index contributed by atoms with van der Waals surface area (Å²) in [6, 6.07) is 0.537. The fraction of sp³-hybridized carbons (Fsp3) is 0.909. The third-order valence-electron chi connectivity index (χ3n) is 3.90. The summed E-state index contributed by atoms with van der Waals surface area (Å²) in [5.41, 5.74) is 0.332. The highest BCUT2D eigenvalue weighted by molar-refractivity contribution is 9.09. The number of nitrogens with zero attached hydrogens (tertiary/aromatic N) is 1. The smallest absolute Gasteiger partial charge is 0.233 e. The van der Waals surface area contributed by atoms with E-state index in [1.165, 1.54) is 19.3 Å². The molecule has 0 aromatic heterocycles. The van der Waals surface area contributed by atoms with E-state index in [1.54, 1.807) is 0 Å². The maximum atomic E-state index is 11.7. The Morgan fingerprint density at radius 1 is 1.50 bits per heavy atom. The number of fused-ring (bicyclic) bond motifs is 1. The molecular weight excluding hydrogens is 242 g/mol. The standard InChI is InChI=1S/C11H18BrNO/c1-11(2)7-13(10(14)6-12)9-5-3-4-8(9)11/h8-9H,3-7H2,1-2H3. The molecule has 2 aliphatic rings. The second kappa shape index (κ2) is 3.51. The van der Waals surface area contributed by atoms with Crippen molar-refractivity contribution in [2.75, 3.05) is 11.9 Å². The lowest BCUT2D eigenvalue weighted by Crippen LogP contribution is -2.36. The van der Waals surface area contributed by atoms with Gasteiger partial charge in [-0.3, -0.25) is 4.79 Å². The summed E-state index contributed by atoms with van der Waals surface area (Å²) in [5.74, 6) is 1.01. The number of hydrogen-bond donors (Lipinski definition) is 0. The van der Waals surface area contributed by atoms with Crippen molar-refractivity contribution in [1.29, 1.82) is 0 Å². The van der Waals surface area contributed by atoms with Gasteiger partial charge in [-0.2, -0.15) is 0 Å². The quantitative estimate of drug-likeness (QED) is 0.663. The molecule has 0 aromatic carbocycles. The van der Waals surface area contributed by atoms with Gasteiger partial charge in [-0.15, -0.1) is 0 Å². The highest BCUT2D eigenvalue weighted by atomic mass is 79.9. The zero-order valence-electron chi connectivity index (χ0n) is 8.92. The number of alkyl halides is 1. The van der Waals surface area contributed by atoms with E-state index in [9.17, 15) is 4.79 Å². The van der Waals surface area contributed by atoms with Crippen LogP contribution in [0.4, 0.5) is 0 Å². The lowest BCUT2D eigenvalue weighted by molar-refractivity contribution is -0.129. The second-order valence-electron chi connectivity index (χ2n) is 5.25. The Hall–Kier alpha value is -0.0500. The van der Waals surface area contributed by atoms with Gasteiger partial charge >= 0.3 is 0 Å². The van der Waals surface area contributed by atoms with E-state index in [0.717, 1.165) is 12.5 Å². The van der Waals surface area contributed by atoms with Gasteiger partial charge in [0, 0.05) is 12.6 Å². The van der Waals surface area contributed by atoms with E-state index >= 15 is 0 Å². The van der Waals surface area contributed by atoms with Crippen molar-refractivity contribution >= 4 is 21.8 Å². The SMILES string of the molecule is CC1(C)CN(C(=O)CBr)C2CCCC21. The van der Waals surface area contributed by atoms with E-state index in [0.29, 0.717) is 16.8 Å². The van der Waals surface area contributed by atoms with Crippen molar-refractivity contribution in [3.8, 4) is 0 Å². The summed E-state index contributed by atoms with van der Waals surface area (Å²) in [6.45, 7) is 5.56. The van der Waals surface area contributed by atoms with E-state index in [1.807, 2.05) is 0 Å². The van der Waals surface area contributed by atoms with Crippen molar-refractivity contribution in [2.45, 2.75) is 39.2 Å². The van der Waals surface area contributed by atoms with Gasteiger partial charge in [0.15, 0.2) is 0 Å². The molecule has 0 bridgehead atoms. The van der Waals surface area contributed by atoms with Gasteiger partial charge in [0.2, 0.25) is 5.91 Å². The van der Waals surface area contributed by atoms with Crippen molar-refractivity contribution in [3.05, 3.63) is 0 Å². The van der Waals surface area contributed by atoms with Crippen LogP contribution in [0.2, 0.25) is 0 Å². The topological polar surface area (TPSA) is 20.3 Å². The van der Waals surface area contributed by atoms with Gasteiger partial charge in [-0.05, 0) is 24.2 Å². The lowest BCUT2D eigenvalue weighted by atomic mass is 9.80. The summed E-state index contributed by atoms with van der Waals surface area (Å²) in [7, 11) is 0. The molecule has 2 atom stereocenters. The Kier molecular flexibility index (Phi) is 2.63. The number of carbonyl (C=O) groups excluding carboxylic acids is 1. The second-order valence-corrected chi connectivity index (χ2v) is 5.81. The van der Waals surface area contributed by atoms with E-state index in [4.69, 9.17) is 0 Å². The molecule has 1 aliphatic carbocycles. The molecule has 1 saturated heterocycles. The molecule has 2 unspecified atom stereocenters. The predicted molar refractivity (Wildman–Crippen MR) is 60.4 cm³/mol. The highest BCUT2D eigenvalue weighted by Gasteiger charge is 2.50. The molecular formula is C11H18BrNO. The largest absolute Gasteiger partial charge is 0.338 e. The lowest BCUT2D eigenvalue weighted by Gasteiger charge is -2.23. The van der Waals surface area contributed by atoms with Crippen LogP contribution in [0.25, 0.3) is 0 Å². The van der Waals surface area contributed by atoms with Crippen molar-refractivity contribution < 1.29 is 4.79 Å². The molecule has 1 amide bonds. The van der Waals surface area contributed by atoms with Crippen LogP contribution in [0.3, 0.4) is 0 Å². The Labute approximate surface area is 94.2 Å². The van der Waals surface area contributed by atoms with Crippen LogP contribution in [0.5, 0.6) is 0 Å². The van der Waals surface area contributed by atoms with Gasteiger partial charge in [-0.1, -0.05) is 36.2 Å². The summed E-state index contributed by atoms with van der Waals surface area (Å²) >= 11 is 3.27. The van der Waals surface area contributed by atoms with E-state index in [-0.39, 0.29) is 5.91 Å². The Bertz CT molecular complexity index is 252. The third-order valence-corrected chi connectivity index (χ3v) is 4.38. The number of hydrogen-bond acceptors (Lipinski definition) is 1. The predicted octanol–water partition coefficient (Wildman–Crippen LogP) is 2.42. The Morgan fingerprint density at radius 2 is 2.21 bits per heavy atom. The van der Waals surface area contributed by atoms with Crippen molar-refractivity contribution in [2.24, 2.45) is 11.3 Å². The molecule has 1 aliphatic heterocycles. The zero-order valence-corrected chi connectivity index (χ0v) is 10.5. The Morgan fingerprint density at radius 3 is 2.86 bits per heavy atom. The van der Waals surface area contributed by atoms with Crippen molar-refractivity contribution in [1.82, 2.24) is 4.90 Å².